The molecule has 2 aromatic rings. The molecule has 1 aromatic carbocycles. The Balaban J connectivity index is 2.32. The van der Waals surface area contributed by atoms with E-state index in [0.717, 1.165) is 16.9 Å². The topological polar surface area (TPSA) is 39.2 Å². The lowest BCUT2D eigenvalue weighted by Gasteiger charge is -2.10. The molecule has 3 heteroatoms. The molecule has 0 aliphatic carbocycles. The fourth-order valence-corrected chi connectivity index (χ4v) is 1.52. The number of rotatable bonds is 2. The van der Waals surface area contributed by atoms with Gasteiger partial charge in [0.1, 0.15) is 11.6 Å². The Kier molecular flexibility index (Phi) is 2.56. The molecule has 2 rings (SSSR count). The molecule has 2 N–H and O–H groups in total. The number of hydrogen-bond acceptors (Lipinski definition) is 2. The maximum atomic E-state index is 12.7. The molecule has 1 heterocycles. The lowest BCUT2D eigenvalue weighted by atomic mass is 10.0. The van der Waals surface area contributed by atoms with Crippen LogP contribution in [0.15, 0.2) is 41.0 Å². The summed E-state index contributed by atoms with van der Waals surface area (Å²) in [7, 11) is 0. The van der Waals surface area contributed by atoms with Crippen LogP contribution in [0.1, 0.15) is 22.9 Å². The first-order valence-corrected chi connectivity index (χ1v) is 4.73. The summed E-state index contributed by atoms with van der Waals surface area (Å²) < 4.78 is 18.0. The maximum Gasteiger partial charge on any atom is 0.127 e. The molecule has 0 spiro atoms. The molecule has 0 aliphatic rings. The van der Waals surface area contributed by atoms with Crippen molar-refractivity contribution in [3.05, 3.63) is 59.3 Å². The van der Waals surface area contributed by atoms with Crippen molar-refractivity contribution in [1.82, 2.24) is 0 Å². The van der Waals surface area contributed by atoms with Gasteiger partial charge >= 0.3 is 0 Å². The Hall–Kier alpha value is -1.61. The summed E-state index contributed by atoms with van der Waals surface area (Å²) in [5.41, 5.74) is 7.84. The second kappa shape index (κ2) is 3.87. The average molecular weight is 205 g/mol. The minimum absolute atomic E-state index is 0.262. The summed E-state index contributed by atoms with van der Waals surface area (Å²) >= 11 is 0. The summed E-state index contributed by atoms with van der Waals surface area (Å²) in [6.07, 6.45) is 1.61. The van der Waals surface area contributed by atoms with Crippen molar-refractivity contribution in [3.63, 3.8) is 0 Å². The van der Waals surface area contributed by atoms with Crippen LogP contribution in [0.4, 0.5) is 4.39 Å². The van der Waals surface area contributed by atoms with E-state index in [1.165, 1.54) is 12.1 Å². The van der Waals surface area contributed by atoms with E-state index in [4.69, 9.17) is 10.2 Å². The molecule has 2 nitrogen and oxygen atoms in total. The summed E-state index contributed by atoms with van der Waals surface area (Å²) in [5.74, 6) is 0.462. The third-order valence-corrected chi connectivity index (χ3v) is 2.41. The van der Waals surface area contributed by atoms with Gasteiger partial charge in [0.25, 0.3) is 0 Å². The minimum Gasteiger partial charge on any atom is -0.467 e. The zero-order valence-corrected chi connectivity index (χ0v) is 8.41. The van der Waals surface area contributed by atoms with Crippen LogP contribution in [0.5, 0.6) is 0 Å². The first-order valence-electron chi connectivity index (χ1n) is 4.73. The Morgan fingerprint density at radius 1 is 1.20 bits per heavy atom. The van der Waals surface area contributed by atoms with Crippen LogP contribution in [0.2, 0.25) is 0 Å². The van der Waals surface area contributed by atoms with Gasteiger partial charge in [-0.05, 0) is 36.2 Å². The van der Waals surface area contributed by atoms with Gasteiger partial charge in [0.05, 0.1) is 12.3 Å². The predicted molar refractivity (Wildman–Crippen MR) is 55.9 cm³/mol. The van der Waals surface area contributed by atoms with E-state index in [2.05, 4.69) is 0 Å². The fourth-order valence-electron chi connectivity index (χ4n) is 1.52. The van der Waals surface area contributed by atoms with Crippen LogP contribution in [0.3, 0.4) is 0 Å². The molecule has 0 amide bonds. The van der Waals surface area contributed by atoms with Gasteiger partial charge in [-0.1, -0.05) is 12.1 Å². The molecule has 0 saturated carbocycles. The Morgan fingerprint density at radius 3 is 2.40 bits per heavy atom. The van der Waals surface area contributed by atoms with E-state index < -0.39 is 0 Å². The standard InChI is InChI=1S/C12H12FNO/c1-8-6-7-15-12(8)11(14)9-2-4-10(13)5-3-9/h2-7,11H,14H2,1H3. The van der Waals surface area contributed by atoms with Gasteiger partial charge in [0.2, 0.25) is 0 Å². The zero-order valence-electron chi connectivity index (χ0n) is 8.41. The number of aryl methyl sites for hydroxylation is 1. The van der Waals surface area contributed by atoms with Gasteiger partial charge in [-0.25, -0.2) is 4.39 Å². The molecule has 0 bridgehead atoms. The highest BCUT2D eigenvalue weighted by Crippen LogP contribution is 2.23. The summed E-state index contributed by atoms with van der Waals surface area (Å²) in [6, 6.07) is 7.66. The number of halogens is 1. The minimum atomic E-state index is -0.333. The summed E-state index contributed by atoms with van der Waals surface area (Å²) in [6.45, 7) is 1.93. The zero-order chi connectivity index (χ0) is 10.8. The van der Waals surface area contributed by atoms with Crippen molar-refractivity contribution in [2.24, 2.45) is 5.73 Å². The Labute approximate surface area is 87.5 Å². The molecule has 0 saturated heterocycles. The number of nitrogens with two attached hydrogens (primary N) is 1. The molecule has 0 radical (unpaired) electrons. The number of benzene rings is 1. The normalized spacial score (nSPS) is 12.7. The van der Waals surface area contributed by atoms with Crippen molar-refractivity contribution >= 4 is 0 Å². The SMILES string of the molecule is Cc1ccoc1C(N)c1ccc(F)cc1. The van der Waals surface area contributed by atoms with E-state index >= 15 is 0 Å². The molecule has 0 fully saturated rings. The van der Waals surface area contributed by atoms with Gasteiger partial charge in [0, 0.05) is 0 Å². The van der Waals surface area contributed by atoms with Crippen molar-refractivity contribution in [1.29, 1.82) is 0 Å². The molecule has 0 aliphatic heterocycles. The van der Waals surface area contributed by atoms with E-state index in [9.17, 15) is 4.39 Å². The van der Waals surface area contributed by atoms with E-state index in [1.807, 2.05) is 13.0 Å². The Morgan fingerprint density at radius 2 is 1.87 bits per heavy atom. The molecule has 1 atom stereocenters. The van der Waals surface area contributed by atoms with E-state index in [-0.39, 0.29) is 11.9 Å². The highest BCUT2D eigenvalue weighted by atomic mass is 19.1. The fraction of sp³-hybridized carbons (Fsp3) is 0.167. The molecule has 1 aromatic heterocycles. The second-order valence-electron chi connectivity index (χ2n) is 3.50. The van der Waals surface area contributed by atoms with Gasteiger partial charge in [0.15, 0.2) is 0 Å². The first kappa shape index (κ1) is 9.93. The van der Waals surface area contributed by atoms with Crippen LogP contribution < -0.4 is 5.73 Å². The summed E-state index contributed by atoms with van der Waals surface area (Å²) in [5, 5.41) is 0. The van der Waals surface area contributed by atoms with Crippen LogP contribution >= 0.6 is 0 Å². The third-order valence-electron chi connectivity index (χ3n) is 2.41. The average Bonchev–Trinajstić information content (AvgIpc) is 2.65. The van der Waals surface area contributed by atoms with Gasteiger partial charge < -0.3 is 10.2 Å². The predicted octanol–water partition coefficient (Wildman–Crippen LogP) is 2.78. The van der Waals surface area contributed by atoms with Crippen molar-refractivity contribution in [2.45, 2.75) is 13.0 Å². The Bertz CT molecular complexity index is 447. The largest absolute Gasteiger partial charge is 0.467 e. The maximum absolute atomic E-state index is 12.7. The summed E-state index contributed by atoms with van der Waals surface area (Å²) in [4.78, 5) is 0. The van der Waals surface area contributed by atoms with Gasteiger partial charge in [-0.3, -0.25) is 0 Å². The number of furan rings is 1. The highest BCUT2D eigenvalue weighted by Gasteiger charge is 2.14. The molecular formula is C12H12FNO. The monoisotopic (exact) mass is 205 g/mol. The van der Waals surface area contributed by atoms with Crippen molar-refractivity contribution < 1.29 is 8.81 Å². The van der Waals surface area contributed by atoms with Crippen LogP contribution in [0.25, 0.3) is 0 Å². The first-order chi connectivity index (χ1) is 7.18. The third kappa shape index (κ3) is 1.92. The van der Waals surface area contributed by atoms with Crippen molar-refractivity contribution in [3.8, 4) is 0 Å². The van der Waals surface area contributed by atoms with Crippen LogP contribution in [-0.2, 0) is 0 Å². The van der Waals surface area contributed by atoms with Gasteiger partial charge in [-0.2, -0.15) is 0 Å². The lowest BCUT2D eigenvalue weighted by molar-refractivity contribution is 0.486. The van der Waals surface area contributed by atoms with E-state index in [0.29, 0.717) is 0 Å². The molecular weight excluding hydrogens is 193 g/mol. The van der Waals surface area contributed by atoms with Gasteiger partial charge in [-0.15, -0.1) is 0 Å². The van der Waals surface area contributed by atoms with Crippen molar-refractivity contribution in [2.75, 3.05) is 0 Å². The lowest BCUT2D eigenvalue weighted by Crippen LogP contribution is -2.11. The second-order valence-corrected chi connectivity index (χ2v) is 3.50. The smallest absolute Gasteiger partial charge is 0.127 e. The highest BCUT2D eigenvalue weighted by molar-refractivity contribution is 5.30. The molecule has 78 valence electrons. The number of hydrogen-bond donors (Lipinski definition) is 1. The van der Waals surface area contributed by atoms with Crippen LogP contribution in [-0.4, -0.2) is 0 Å². The molecule has 15 heavy (non-hydrogen) atoms. The van der Waals surface area contributed by atoms with Crippen LogP contribution in [0, 0.1) is 12.7 Å². The molecule has 1 unspecified atom stereocenters. The van der Waals surface area contributed by atoms with E-state index in [1.54, 1.807) is 18.4 Å². The quantitative estimate of drug-likeness (QED) is 0.818.